The number of hydrogen-bond acceptors (Lipinski definition) is 6. The van der Waals surface area contributed by atoms with Crippen molar-refractivity contribution in [2.45, 2.75) is 6.10 Å². The number of aliphatic hydroxyl groups is 1. The number of aliphatic hydroxyl groups excluding tert-OH is 1. The lowest BCUT2D eigenvalue weighted by Crippen LogP contribution is -2.35. The molecule has 2 aromatic carbocycles. The van der Waals surface area contributed by atoms with E-state index in [4.69, 9.17) is 14.2 Å². The molecule has 1 amide bonds. The van der Waals surface area contributed by atoms with Crippen molar-refractivity contribution in [1.82, 2.24) is 5.32 Å². The van der Waals surface area contributed by atoms with E-state index in [1.165, 1.54) is 0 Å². The van der Waals surface area contributed by atoms with Gasteiger partial charge in [0.05, 0.1) is 0 Å². The molecule has 3 rings (SSSR count). The third-order valence-electron chi connectivity index (χ3n) is 3.93. The van der Waals surface area contributed by atoms with Crippen LogP contribution in [0.1, 0.15) is 10.4 Å². The van der Waals surface area contributed by atoms with Gasteiger partial charge in [0.25, 0.3) is 5.91 Å². The van der Waals surface area contributed by atoms with Crippen molar-refractivity contribution >= 4 is 11.6 Å². The Morgan fingerprint density at radius 1 is 1.19 bits per heavy atom. The van der Waals surface area contributed by atoms with Gasteiger partial charge in [-0.15, -0.1) is 0 Å². The fraction of sp³-hybridized carbons (Fsp3) is 0.316. The van der Waals surface area contributed by atoms with Crippen molar-refractivity contribution < 1.29 is 24.1 Å². The summed E-state index contributed by atoms with van der Waals surface area (Å²) in [5.41, 5.74) is 1.55. The van der Waals surface area contributed by atoms with Gasteiger partial charge in [0, 0.05) is 38.0 Å². The Balaban J connectivity index is 1.44. The molecule has 0 aliphatic carbocycles. The summed E-state index contributed by atoms with van der Waals surface area (Å²) in [7, 11) is 3.87. The first kappa shape index (κ1) is 17.9. The zero-order valence-corrected chi connectivity index (χ0v) is 14.8. The van der Waals surface area contributed by atoms with Crippen LogP contribution in [0.3, 0.4) is 0 Å². The first-order valence-electron chi connectivity index (χ1n) is 8.29. The third kappa shape index (κ3) is 4.37. The molecule has 1 atom stereocenters. The third-order valence-corrected chi connectivity index (χ3v) is 3.93. The van der Waals surface area contributed by atoms with Crippen LogP contribution in [-0.4, -0.2) is 51.2 Å². The molecule has 2 aromatic rings. The number of carbonyl (C=O) groups is 1. The fourth-order valence-electron chi connectivity index (χ4n) is 2.44. The average Bonchev–Trinajstić information content (AvgIpc) is 3.12. The van der Waals surface area contributed by atoms with Crippen molar-refractivity contribution in [3.05, 3.63) is 48.0 Å². The van der Waals surface area contributed by atoms with Crippen LogP contribution in [-0.2, 0) is 0 Å². The summed E-state index contributed by atoms with van der Waals surface area (Å²) in [4.78, 5) is 14.1. The van der Waals surface area contributed by atoms with Crippen LogP contribution in [0, 0.1) is 0 Å². The van der Waals surface area contributed by atoms with Gasteiger partial charge in [0.2, 0.25) is 6.79 Å². The molecule has 26 heavy (non-hydrogen) atoms. The number of hydrogen-bond donors (Lipinski definition) is 2. The fourth-order valence-corrected chi connectivity index (χ4v) is 2.44. The molecule has 0 radical (unpaired) electrons. The van der Waals surface area contributed by atoms with Crippen LogP contribution >= 0.6 is 0 Å². The van der Waals surface area contributed by atoms with Gasteiger partial charge in [-0.05, 0) is 36.4 Å². The van der Waals surface area contributed by atoms with Crippen LogP contribution < -0.4 is 24.4 Å². The van der Waals surface area contributed by atoms with Gasteiger partial charge in [-0.25, -0.2) is 0 Å². The van der Waals surface area contributed by atoms with E-state index < -0.39 is 6.10 Å². The summed E-state index contributed by atoms with van der Waals surface area (Å²) in [6, 6.07) is 12.4. The molecule has 1 aliphatic rings. The second kappa shape index (κ2) is 7.97. The van der Waals surface area contributed by atoms with E-state index in [9.17, 15) is 9.90 Å². The maximum absolute atomic E-state index is 12.1. The summed E-state index contributed by atoms with van der Waals surface area (Å²) in [5.74, 6) is 1.62. The lowest BCUT2D eigenvalue weighted by molar-refractivity contribution is 0.0843. The molecule has 0 aromatic heterocycles. The zero-order valence-electron chi connectivity index (χ0n) is 14.8. The van der Waals surface area contributed by atoms with E-state index in [-0.39, 0.29) is 25.9 Å². The quantitative estimate of drug-likeness (QED) is 0.783. The van der Waals surface area contributed by atoms with Crippen LogP contribution in [0.25, 0.3) is 0 Å². The molecule has 7 nitrogen and oxygen atoms in total. The summed E-state index contributed by atoms with van der Waals surface area (Å²) >= 11 is 0. The molecule has 0 fully saturated rings. The monoisotopic (exact) mass is 358 g/mol. The number of fused-ring (bicyclic) bond motifs is 1. The first-order chi connectivity index (χ1) is 12.5. The molecule has 7 heteroatoms. The van der Waals surface area contributed by atoms with Gasteiger partial charge in [-0.1, -0.05) is 0 Å². The van der Waals surface area contributed by atoms with E-state index in [1.807, 2.05) is 31.1 Å². The van der Waals surface area contributed by atoms with Gasteiger partial charge >= 0.3 is 0 Å². The smallest absolute Gasteiger partial charge is 0.251 e. The van der Waals surface area contributed by atoms with Gasteiger partial charge in [-0.3, -0.25) is 4.79 Å². The van der Waals surface area contributed by atoms with Crippen molar-refractivity contribution in [3.63, 3.8) is 0 Å². The highest BCUT2D eigenvalue weighted by atomic mass is 16.7. The van der Waals surface area contributed by atoms with Crippen molar-refractivity contribution in [1.29, 1.82) is 0 Å². The van der Waals surface area contributed by atoms with Gasteiger partial charge in [0.15, 0.2) is 11.5 Å². The van der Waals surface area contributed by atoms with Crippen LogP contribution in [0.4, 0.5) is 5.69 Å². The molecule has 0 spiro atoms. The number of nitrogens with one attached hydrogen (secondary N) is 1. The average molecular weight is 358 g/mol. The molecule has 0 saturated carbocycles. The van der Waals surface area contributed by atoms with Crippen LogP contribution in [0.5, 0.6) is 17.2 Å². The Labute approximate surface area is 152 Å². The largest absolute Gasteiger partial charge is 0.491 e. The normalized spacial score (nSPS) is 13.2. The first-order valence-corrected chi connectivity index (χ1v) is 8.29. The Bertz CT molecular complexity index is 761. The number of nitrogens with zero attached hydrogens (tertiary/aromatic N) is 1. The maximum atomic E-state index is 12.1. The number of benzene rings is 2. The maximum Gasteiger partial charge on any atom is 0.251 e. The lowest BCUT2D eigenvalue weighted by Gasteiger charge is -2.15. The highest BCUT2D eigenvalue weighted by Crippen LogP contribution is 2.35. The number of rotatable bonds is 7. The van der Waals surface area contributed by atoms with E-state index in [1.54, 1.807) is 30.3 Å². The highest BCUT2D eigenvalue weighted by Gasteiger charge is 2.15. The topological polar surface area (TPSA) is 80.3 Å². The lowest BCUT2D eigenvalue weighted by atomic mass is 10.2. The van der Waals surface area contributed by atoms with Gasteiger partial charge < -0.3 is 29.5 Å². The standard InChI is InChI=1S/C19H22N2O5/c1-21(2)14-5-3-13(4-6-14)19(23)20-10-15(22)11-24-16-7-8-17-18(9-16)26-12-25-17/h3-9,15,22H,10-12H2,1-2H3,(H,20,23)/t15-/m0/s1. The number of anilines is 1. The molecule has 0 unspecified atom stereocenters. The zero-order chi connectivity index (χ0) is 18.5. The van der Waals surface area contributed by atoms with Crippen LogP contribution in [0.2, 0.25) is 0 Å². The number of amides is 1. The second-order valence-corrected chi connectivity index (χ2v) is 6.13. The minimum Gasteiger partial charge on any atom is -0.491 e. The molecule has 0 saturated heterocycles. The van der Waals surface area contributed by atoms with E-state index in [0.717, 1.165) is 5.69 Å². The van der Waals surface area contributed by atoms with Crippen molar-refractivity contribution in [2.24, 2.45) is 0 Å². The Morgan fingerprint density at radius 3 is 2.65 bits per heavy atom. The Kier molecular flexibility index (Phi) is 5.48. The number of carbonyl (C=O) groups excluding carboxylic acids is 1. The van der Waals surface area contributed by atoms with E-state index in [0.29, 0.717) is 22.8 Å². The second-order valence-electron chi connectivity index (χ2n) is 6.13. The van der Waals surface area contributed by atoms with E-state index in [2.05, 4.69) is 5.32 Å². The van der Waals surface area contributed by atoms with E-state index >= 15 is 0 Å². The number of ether oxygens (including phenoxy) is 3. The minimum atomic E-state index is -0.828. The molecular formula is C19H22N2O5. The Morgan fingerprint density at radius 2 is 1.92 bits per heavy atom. The predicted octanol–water partition coefficient (Wildman–Crippen LogP) is 1.65. The van der Waals surface area contributed by atoms with Gasteiger partial charge in [-0.2, -0.15) is 0 Å². The van der Waals surface area contributed by atoms with Crippen molar-refractivity contribution in [2.75, 3.05) is 38.9 Å². The van der Waals surface area contributed by atoms with Crippen LogP contribution in [0.15, 0.2) is 42.5 Å². The molecule has 2 N–H and O–H groups in total. The molecular weight excluding hydrogens is 336 g/mol. The van der Waals surface area contributed by atoms with Gasteiger partial charge in [0.1, 0.15) is 18.5 Å². The molecule has 0 bridgehead atoms. The minimum absolute atomic E-state index is 0.0551. The molecule has 1 aliphatic heterocycles. The molecule has 138 valence electrons. The SMILES string of the molecule is CN(C)c1ccc(C(=O)NC[C@H](O)COc2ccc3c(c2)OCO3)cc1. The van der Waals surface area contributed by atoms with Crippen molar-refractivity contribution in [3.8, 4) is 17.2 Å². The summed E-state index contributed by atoms with van der Waals surface area (Å²) in [6.45, 7) is 0.348. The summed E-state index contributed by atoms with van der Waals surface area (Å²) in [5, 5.41) is 12.7. The summed E-state index contributed by atoms with van der Waals surface area (Å²) in [6.07, 6.45) is -0.828. The highest BCUT2D eigenvalue weighted by molar-refractivity contribution is 5.94. The molecule has 1 heterocycles. The summed E-state index contributed by atoms with van der Waals surface area (Å²) < 4.78 is 16.0. The Hall–Kier alpha value is -2.93. The predicted molar refractivity (Wildman–Crippen MR) is 97.2 cm³/mol.